The van der Waals surface area contributed by atoms with Crippen molar-refractivity contribution < 1.29 is 5.11 Å². The highest BCUT2D eigenvalue weighted by Gasteiger charge is 2.15. The van der Waals surface area contributed by atoms with E-state index >= 15 is 0 Å². The van der Waals surface area contributed by atoms with Crippen molar-refractivity contribution in [3.63, 3.8) is 0 Å². The van der Waals surface area contributed by atoms with Gasteiger partial charge in [-0.1, -0.05) is 37.6 Å². The predicted octanol–water partition coefficient (Wildman–Crippen LogP) is 4.67. The lowest BCUT2D eigenvalue weighted by Gasteiger charge is -2.21. The predicted molar refractivity (Wildman–Crippen MR) is 114 cm³/mol. The molecule has 28 heavy (non-hydrogen) atoms. The summed E-state index contributed by atoms with van der Waals surface area (Å²) in [6, 6.07) is 11.2. The number of aliphatic hydroxyl groups excluding tert-OH is 1. The van der Waals surface area contributed by atoms with Crippen LogP contribution in [-0.4, -0.2) is 32.7 Å². The van der Waals surface area contributed by atoms with Gasteiger partial charge in [0.25, 0.3) is 0 Å². The van der Waals surface area contributed by atoms with Crippen LogP contribution in [0.4, 0.5) is 17.5 Å². The highest BCUT2D eigenvalue weighted by Crippen LogP contribution is 2.30. The second-order valence-electron chi connectivity index (χ2n) is 6.93. The highest BCUT2D eigenvalue weighted by molar-refractivity contribution is 6.33. The van der Waals surface area contributed by atoms with Crippen molar-refractivity contribution >= 4 is 29.1 Å². The third kappa shape index (κ3) is 4.77. The topological polar surface area (TPSA) is 83.0 Å². The minimum absolute atomic E-state index is 0.00705. The van der Waals surface area contributed by atoms with Crippen LogP contribution in [0.2, 0.25) is 5.02 Å². The molecule has 1 aromatic carbocycles. The number of pyridine rings is 1. The molecule has 1 atom stereocenters. The Morgan fingerprint density at radius 3 is 2.50 bits per heavy atom. The first-order valence-electron chi connectivity index (χ1n) is 9.17. The van der Waals surface area contributed by atoms with Gasteiger partial charge in [-0.2, -0.15) is 4.98 Å². The smallest absolute Gasteiger partial charge is 0.225 e. The SMILES string of the molecule is Cc1cccc(Cl)c1Nc1cc(-c2ccncc2)nc(N[C@H](CO)C(C)C)n1. The highest BCUT2D eigenvalue weighted by atomic mass is 35.5. The number of aliphatic hydroxyl groups is 1. The molecule has 0 spiro atoms. The Hall–Kier alpha value is -2.70. The molecular weight excluding hydrogens is 374 g/mol. The van der Waals surface area contributed by atoms with Crippen LogP contribution in [0.15, 0.2) is 48.8 Å². The van der Waals surface area contributed by atoms with Gasteiger partial charge in [-0.15, -0.1) is 0 Å². The molecule has 0 radical (unpaired) electrons. The number of aromatic nitrogens is 3. The van der Waals surface area contributed by atoms with E-state index in [9.17, 15) is 5.11 Å². The van der Waals surface area contributed by atoms with Crippen molar-refractivity contribution in [3.8, 4) is 11.3 Å². The Bertz CT molecular complexity index is 913. The summed E-state index contributed by atoms with van der Waals surface area (Å²) in [4.78, 5) is 13.3. The number of benzene rings is 1. The number of nitrogens with zero attached hydrogens (tertiary/aromatic N) is 3. The zero-order valence-corrected chi connectivity index (χ0v) is 16.9. The second-order valence-corrected chi connectivity index (χ2v) is 7.34. The number of anilines is 3. The zero-order valence-electron chi connectivity index (χ0n) is 16.1. The van der Waals surface area contributed by atoms with E-state index in [2.05, 4.69) is 25.6 Å². The number of aryl methyl sites for hydroxylation is 1. The first-order valence-corrected chi connectivity index (χ1v) is 9.54. The van der Waals surface area contributed by atoms with E-state index in [1.807, 2.05) is 57.2 Å². The lowest BCUT2D eigenvalue weighted by atomic mass is 10.1. The molecule has 3 N–H and O–H groups in total. The maximum absolute atomic E-state index is 9.66. The van der Waals surface area contributed by atoms with Gasteiger partial charge < -0.3 is 15.7 Å². The summed E-state index contributed by atoms with van der Waals surface area (Å²) in [7, 11) is 0. The summed E-state index contributed by atoms with van der Waals surface area (Å²) < 4.78 is 0. The average Bonchev–Trinajstić information content (AvgIpc) is 2.69. The van der Waals surface area contributed by atoms with Crippen molar-refractivity contribution in [3.05, 3.63) is 59.4 Å². The Labute approximate surface area is 170 Å². The molecule has 2 heterocycles. The monoisotopic (exact) mass is 397 g/mol. The minimum Gasteiger partial charge on any atom is -0.394 e. The largest absolute Gasteiger partial charge is 0.394 e. The molecule has 2 aromatic heterocycles. The van der Waals surface area contributed by atoms with E-state index in [4.69, 9.17) is 11.6 Å². The van der Waals surface area contributed by atoms with Crippen molar-refractivity contribution in [2.45, 2.75) is 26.8 Å². The molecule has 0 aliphatic carbocycles. The third-order valence-corrected chi connectivity index (χ3v) is 4.81. The summed E-state index contributed by atoms with van der Waals surface area (Å²) in [5, 5.41) is 16.8. The van der Waals surface area contributed by atoms with Gasteiger partial charge in [0, 0.05) is 24.0 Å². The van der Waals surface area contributed by atoms with Crippen molar-refractivity contribution in [2.75, 3.05) is 17.2 Å². The van der Waals surface area contributed by atoms with E-state index in [0.29, 0.717) is 16.8 Å². The van der Waals surface area contributed by atoms with E-state index in [0.717, 1.165) is 22.5 Å². The molecule has 0 aliphatic heterocycles. The van der Waals surface area contributed by atoms with E-state index in [1.165, 1.54) is 0 Å². The van der Waals surface area contributed by atoms with Crippen LogP contribution in [0.25, 0.3) is 11.3 Å². The van der Waals surface area contributed by atoms with E-state index < -0.39 is 0 Å². The fourth-order valence-electron chi connectivity index (χ4n) is 2.75. The zero-order chi connectivity index (χ0) is 20.1. The van der Waals surface area contributed by atoms with Gasteiger partial charge in [0.15, 0.2) is 0 Å². The van der Waals surface area contributed by atoms with Crippen molar-refractivity contribution in [2.24, 2.45) is 5.92 Å². The molecule has 0 aliphatic rings. The van der Waals surface area contributed by atoms with Crippen molar-refractivity contribution in [1.82, 2.24) is 15.0 Å². The quantitative estimate of drug-likeness (QED) is 0.537. The molecule has 0 amide bonds. The Morgan fingerprint density at radius 1 is 1.11 bits per heavy atom. The van der Waals surface area contributed by atoms with Gasteiger partial charge in [-0.3, -0.25) is 4.98 Å². The normalized spacial score (nSPS) is 12.1. The van der Waals surface area contributed by atoms with E-state index in [-0.39, 0.29) is 18.6 Å². The number of hydrogen-bond donors (Lipinski definition) is 3. The maximum Gasteiger partial charge on any atom is 0.225 e. The van der Waals surface area contributed by atoms with Crippen LogP contribution in [0, 0.1) is 12.8 Å². The van der Waals surface area contributed by atoms with Crippen LogP contribution >= 0.6 is 11.6 Å². The van der Waals surface area contributed by atoms with Crippen molar-refractivity contribution in [1.29, 1.82) is 0 Å². The average molecular weight is 398 g/mol. The summed E-state index contributed by atoms with van der Waals surface area (Å²) in [5.41, 5.74) is 3.48. The fourth-order valence-corrected chi connectivity index (χ4v) is 3.02. The molecule has 7 heteroatoms. The van der Waals surface area contributed by atoms with Crippen LogP contribution in [0.1, 0.15) is 19.4 Å². The molecule has 6 nitrogen and oxygen atoms in total. The molecule has 0 unspecified atom stereocenters. The Morgan fingerprint density at radius 2 is 1.86 bits per heavy atom. The van der Waals surface area contributed by atoms with Gasteiger partial charge in [0.1, 0.15) is 5.82 Å². The molecule has 3 rings (SSSR count). The van der Waals surface area contributed by atoms with E-state index in [1.54, 1.807) is 12.4 Å². The van der Waals surface area contributed by atoms with Gasteiger partial charge in [0.2, 0.25) is 5.95 Å². The van der Waals surface area contributed by atoms with Crippen LogP contribution in [-0.2, 0) is 0 Å². The lowest BCUT2D eigenvalue weighted by Crippen LogP contribution is -2.30. The standard InChI is InChI=1S/C21H24ClN5O/c1-13(2)18(12-28)25-21-24-17(15-7-9-23-10-8-15)11-19(27-21)26-20-14(3)5-4-6-16(20)22/h4-11,13,18,28H,12H2,1-3H3,(H2,24,25,26,27)/t18-/m1/s1. The van der Waals surface area contributed by atoms with Gasteiger partial charge in [-0.25, -0.2) is 4.98 Å². The number of halogens is 1. The minimum atomic E-state index is -0.150. The maximum atomic E-state index is 9.66. The summed E-state index contributed by atoms with van der Waals surface area (Å²) in [6.07, 6.45) is 3.45. The molecule has 0 saturated carbocycles. The van der Waals surface area contributed by atoms with Gasteiger partial charge in [0.05, 0.1) is 29.1 Å². The third-order valence-electron chi connectivity index (χ3n) is 4.49. The number of nitrogens with one attached hydrogen (secondary N) is 2. The van der Waals surface area contributed by atoms with Gasteiger partial charge >= 0.3 is 0 Å². The first kappa shape index (κ1) is 20.0. The summed E-state index contributed by atoms with van der Waals surface area (Å²) >= 11 is 6.36. The number of para-hydroxylation sites is 1. The lowest BCUT2D eigenvalue weighted by molar-refractivity contribution is 0.248. The Balaban J connectivity index is 2.02. The van der Waals surface area contributed by atoms with Gasteiger partial charge in [-0.05, 0) is 36.6 Å². The fraction of sp³-hybridized carbons (Fsp3) is 0.286. The number of rotatable bonds is 7. The summed E-state index contributed by atoms with van der Waals surface area (Å²) in [6.45, 7) is 6.05. The summed E-state index contributed by atoms with van der Waals surface area (Å²) in [5.74, 6) is 1.27. The van der Waals surface area contributed by atoms with Crippen LogP contribution < -0.4 is 10.6 Å². The molecule has 0 fully saturated rings. The molecule has 0 bridgehead atoms. The van der Waals surface area contributed by atoms with Crippen LogP contribution in [0.5, 0.6) is 0 Å². The first-order chi connectivity index (χ1) is 13.5. The number of hydrogen-bond acceptors (Lipinski definition) is 6. The Kier molecular flexibility index (Phi) is 6.44. The molecular formula is C21H24ClN5O. The molecule has 0 saturated heterocycles. The molecule has 3 aromatic rings. The second kappa shape index (κ2) is 8.99. The van der Waals surface area contributed by atoms with Crippen LogP contribution in [0.3, 0.4) is 0 Å². The molecule has 146 valence electrons.